The molecule has 1 saturated heterocycles. The van der Waals surface area contributed by atoms with Gasteiger partial charge in [-0.1, -0.05) is 24.3 Å². The number of carboxylic acid groups (broad SMARTS) is 1. The summed E-state index contributed by atoms with van der Waals surface area (Å²) in [5.41, 5.74) is 0.510. The highest BCUT2D eigenvalue weighted by Crippen LogP contribution is 2.36. The van der Waals surface area contributed by atoms with E-state index in [1.807, 2.05) is 0 Å². The Hall–Kier alpha value is -3.13. The van der Waals surface area contributed by atoms with Crippen LogP contribution in [0.15, 0.2) is 53.4 Å². The predicted molar refractivity (Wildman–Crippen MR) is 99.0 cm³/mol. The van der Waals surface area contributed by atoms with Crippen molar-refractivity contribution in [2.75, 3.05) is 11.5 Å². The van der Waals surface area contributed by atoms with Crippen molar-refractivity contribution in [2.24, 2.45) is 0 Å². The number of ether oxygens (including phenoxy) is 1. The Labute approximate surface area is 158 Å². The van der Waals surface area contributed by atoms with Gasteiger partial charge in [-0.25, -0.2) is 9.29 Å². The molecule has 0 unspecified atom stereocenters. The van der Waals surface area contributed by atoms with E-state index >= 15 is 0 Å². The Bertz CT molecular complexity index is 943. The molecule has 0 aliphatic carbocycles. The highest BCUT2D eigenvalue weighted by Gasteiger charge is 2.37. The number of imide groups is 1. The lowest BCUT2D eigenvalue weighted by atomic mass is 10.2. The van der Waals surface area contributed by atoms with Gasteiger partial charge in [0.25, 0.3) is 11.1 Å². The number of carbonyl (C=O) groups is 3. The fourth-order valence-corrected chi connectivity index (χ4v) is 3.24. The molecule has 27 heavy (non-hydrogen) atoms. The molecular formula is C19H14FNO5S. The van der Waals surface area contributed by atoms with Crippen molar-refractivity contribution in [3.05, 3.63) is 64.8 Å². The van der Waals surface area contributed by atoms with Gasteiger partial charge in [-0.15, -0.1) is 0 Å². The summed E-state index contributed by atoms with van der Waals surface area (Å²) in [6.07, 6.45) is 1.38. The summed E-state index contributed by atoms with van der Waals surface area (Å²) >= 11 is 0.721. The fraction of sp³-hybridized carbons (Fsp3) is 0.105. The van der Waals surface area contributed by atoms with E-state index in [0.717, 1.165) is 16.7 Å². The van der Waals surface area contributed by atoms with Crippen molar-refractivity contribution < 1.29 is 28.6 Å². The van der Waals surface area contributed by atoms with E-state index in [2.05, 4.69) is 0 Å². The number of thioether (sulfide) groups is 1. The van der Waals surface area contributed by atoms with Gasteiger partial charge in [0.2, 0.25) is 0 Å². The van der Waals surface area contributed by atoms with Crippen LogP contribution < -0.4 is 9.64 Å². The van der Waals surface area contributed by atoms with Gasteiger partial charge in [-0.05, 0) is 47.7 Å². The first-order valence-electron chi connectivity index (χ1n) is 7.93. The standard InChI is InChI=1S/C19H14FNO5S/c20-14-6-1-2-7-15(14)21-18(24)16(27-19(21)25)11-12-4-3-5-13(10-12)26-9-8-17(22)23/h1-7,10-11H,8-9H2,(H,22,23)/b16-11+. The second kappa shape index (κ2) is 8.05. The third kappa shape index (κ3) is 4.35. The van der Waals surface area contributed by atoms with Crippen molar-refractivity contribution in [3.8, 4) is 5.75 Å². The zero-order chi connectivity index (χ0) is 19.4. The van der Waals surface area contributed by atoms with Gasteiger partial charge in [-0.3, -0.25) is 14.4 Å². The molecule has 0 radical (unpaired) electrons. The number of para-hydroxylation sites is 1. The monoisotopic (exact) mass is 387 g/mol. The molecule has 0 saturated carbocycles. The van der Waals surface area contributed by atoms with Crippen LogP contribution in [-0.2, 0) is 9.59 Å². The van der Waals surface area contributed by atoms with E-state index in [4.69, 9.17) is 9.84 Å². The summed E-state index contributed by atoms with van der Waals surface area (Å²) in [7, 11) is 0. The molecule has 0 bridgehead atoms. The highest BCUT2D eigenvalue weighted by molar-refractivity contribution is 8.19. The quantitative estimate of drug-likeness (QED) is 0.757. The molecule has 8 heteroatoms. The number of benzene rings is 2. The Balaban J connectivity index is 1.80. The van der Waals surface area contributed by atoms with Crippen molar-refractivity contribution in [2.45, 2.75) is 6.42 Å². The third-order valence-corrected chi connectivity index (χ3v) is 4.50. The molecule has 2 aromatic rings. The van der Waals surface area contributed by atoms with Gasteiger partial charge in [0.1, 0.15) is 11.6 Å². The maximum atomic E-state index is 13.9. The molecule has 0 spiro atoms. The van der Waals surface area contributed by atoms with Gasteiger partial charge in [-0.2, -0.15) is 0 Å². The average Bonchev–Trinajstić information content (AvgIpc) is 2.89. The number of anilines is 1. The molecule has 1 aliphatic heterocycles. The first-order chi connectivity index (χ1) is 13.0. The average molecular weight is 387 g/mol. The second-order valence-corrected chi connectivity index (χ2v) is 6.53. The Kier molecular flexibility index (Phi) is 5.56. The molecule has 1 aliphatic rings. The number of carboxylic acids is 1. The predicted octanol–water partition coefficient (Wildman–Crippen LogP) is 3.92. The Morgan fingerprint density at radius 3 is 2.70 bits per heavy atom. The van der Waals surface area contributed by atoms with Gasteiger partial charge >= 0.3 is 5.97 Å². The van der Waals surface area contributed by atoms with Crippen LogP contribution in [0.5, 0.6) is 5.75 Å². The molecule has 6 nitrogen and oxygen atoms in total. The summed E-state index contributed by atoms with van der Waals surface area (Å²) in [5, 5.41) is 8.06. The molecule has 2 aromatic carbocycles. The second-order valence-electron chi connectivity index (χ2n) is 5.53. The van der Waals surface area contributed by atoms with Gasteiger partial charge in [0.15, 0.2) is 0 Å². The molecule has 0 atom stereocenters. The van der Waals surface area contributed by atoms with Crippen LogP contribution in [0, 0.1) is 5.82 Å². The van der Waals surface area contributed by atoms with Gasteiger partial charge in [0, 0.05) is 0 Å². The highest BCUT2D eigenvalue weighted by atomic mass is 32.2. The molecule has 1 heterocycles. The Morgan fingerprint density at radius 2 is 1.96 bits per heavy atom. The van der Waals surface area contributed by atoms with Crippen LogP contribution in [-0.4, -0.2) is 28.8 Å². The van der Waals surface area contributed by atoms with Crippen LogP contribution in [0.4, 0.5) is 14.9 Å². The van der Waals surface area contributed by atoms with E-state index in [-0.39, 0.29) is 23.6 Å². The Morgan fingerprint density at radius 1 is 1.19 bits per heavy atom. The number of rotatable bonds is 6. The summed E-state index contributed by atoms with van der Waals surface area (Å²) in [4.78, 5) is 36.2. The van der Waals surface area contributed by atoms with Crippen molar-refractivity contribution in [1.82, 2.24) is 0 Å². The number of nitrogens with zero attached hydrogens (tertiary/aromatic N) is 1. The van der Waals surface area contributed by atoms with Crippen LogP contribution in [0.1, 0.15) is 12.0 Å². The number of hydrogen-bond donors (Lipinski definition) is 1. The topological polar surface area (TPSA) is 83.9 Å². The zero-order valence-electron chi connectivity index (χ0n) is 13.9. The normalized spacial score (nSPS) is 15.4. The van der Waals surface area contributed by atoms with E-state index in [1.165, 1.54) is 24.3 Å². The molecule has 2 amide bonds. The number of halogens is 1. The lowest BCUT2D eigenvalue weighted by Crippen LogP contribution is -2.28. The molecular weight excluding hydrogens is 373 g/mol. The minimum absolute atomic E-state index is 0.0165. The molecule has 138 valence electrons. The minimum Gasteiger partial charge on any atom is -0.493 e. The van der Waals surface area contributed by atoms with Crippen LogP contribution in [0.2, 0.25) is 0 Å². The van der Waals surface area contributed by atoms with Crippen molar-refractivity contribution >= 4 is 40.6 Å². The van der Waals surface area contributed by atoms with Crippen LogP contribution in [0.25, 0.3) is 6.08 Å². The largest absolute Gasteiger partial charge is 0.493 e. The maximum absolute atomic E-state index is 13.9. The molecule has 1 N–H and O–H groups in total. The SMILES string of the molecule is O=C(O)CCOc1cccc(/C=C2/SC(=O)N(c3ccccc3F)C2=O)c1. The number of hydrogen-bond acceptors (Lipinski definition) is 5. The van der Waals surface area contributed by atoms with E-state index in [0.29, 0.717) is 11.3 Å². The van der Waals surface area contributed by atoms with Crippen LogP contribution in [0.3, 0.4) is 0 Å². The van der Waals surface area contributed by atoms with Crippen molar-refractivity contribution in [1.29, 1.82) is 0 Å². The summed E-state index contributed by atoms with van der Waals surface area (Å²) in [5.74, 6) is -1.78. The lowest BCUT2D eigenvalue weighted by Gasteiger charge is -2.12. The number of aliphatic carboxylic acids is 1. The zero-order valence-corrected chi connectivity index (χ0v) is 14.7. The molecule has 1 fully saturated rings. The summed E-state index contributed by atoms with van der Waals surface area (Å²) < 4.78 is 19.3. The third-order valence-electron chi connectivity index (χ3n) is 3.63. The minimum atomic E-state index is -0.965. The van der Waals surface area contributed by atoms with E-state index in [9.17, 15) is 18.8 Å². The number of amides is 2. The first-order valence-corrected chi connectivity index (χ1v) is 8.74. The van der Waals surface area contributed by atoms with Gasteiger partial charge < -0.3 is 9.84 Å². The maximum Gasteiger partial charge on any atom is 0.306 e. The molecule has 3 rings (SSSR count). The van der Waals surface area contributed by atoms with E-state index in [1.54, 1.807) is 30.3 Å². The molecule has 0 aromatic heterocycles. The summed E-state index contributed by atoms with van der Waals surface area (Å²) in [6.45, 7) is 0.0165. The lowest BCUT2D eigenvalue weighted by molar-refractivity contribution is -0.137. The first kappa shape index (κ1) is 18.7. The fourth-order valence-electron chi connectivity index (χ4n) is 2.41. The van der Waals surface area contributed by atoms with Crippen LogP contribution >= 0.6 is 11.8 Å². The number of carbonyl (C=O) groups excluding carboxylic acids is 2. The smallest absolute Gasteiger partial charge is 0.306 e. The van der Waals surface area contributed by atoms with Gasteiger partial charge in [0.05, 0.1) is 23.6 Å². The summed E-state index contributed by atoms with van der Waals surface area (Å²) in [6, 6.07) is 12.2. The van der Waals surface area contributed by atoms with E-state index < -0.39 is 22.9 Å². The van der Waals surface area contributed by atoms with Crippen molar-refractivity contribution in [3.63, 3.8) is 0 Å².